The molecule has 1 saturated heterocycles. The van der Waals surface area contributed by atoms with E-state index in [-0.39, 0.29) is 21.6 Å². The number of rotatable bonds is 6. The average Bonchev–Trinajstić information content (AvgIpc) is 3.44. The van der Waals surface area contributed by atoms with Crippen LogP contribution in [-0.4, -0.2) is 37.8 Å². The van der Waals surface area contributed by atoms with E-state index >= 15 is 0 Å². The lowest BCUT2D eigenvalue weighted by Crippen LogP contribution is -2.28. The van der Waals surface area contributed by atoms with Crippen molar-refractivity contribution >= 4 is 33.2 Å². The van der Waals surface area contributed by atoms with E-state index in [1.807, 2.05) is 12.1 Å². The molecule has 1 heterocycles. The van der Waals surface area contributed by atoms with Crippen molar-refractivity contribution in [3.63, 3.8) is 0 Å². The summed E-state index contributed by atoms with van der Waals surface area (Å²) in [5.41, 5.74) is 0.848. The molecule has 1 aliphatic carbocycles. The lowest BCUT2D eigenvalue weighted by atomic mass is 10.2. The molecule has 4 rings (SSSR count). The molecule has 0 spiro atoms. The zero-order valence-electron chi connectivity index (χ0n) is 16.6. The van der Waals surface area contributed by atoms with Gasteiger partial charge in [0.1, 0.15) is 10.6 Å². The van der Waals surface area contributed by atoms with E-state index in [9.17, 15) is 13.2 Å². The Labute approximate surface area is 182 Å². The SMILES string of the molecule is O=C(Nc1ccc(OC2CCCC2)cc1)c1ccc(Cl)c(S(=O)(=O)N2CCCC2)c1. The normalized spacial score (nSPS) is 17.9. The molecule has 2 fully saturated rings. The van der Waals surface area contributed by atoms with Crippen molar-refractivity contribution in [3.8, 4) is 5.75 Å². The van der Waals surface area contributed by atoms with Gasteiger partial charge in [-0.25, -0.2) is 8.42 Å². The van der Waals surface area contributed by atoms with E-state index in [1.54, 1.807) is 12.1 Å². The predicted molar refractivity (Wildman–Crippen MR) is 117 cm³/mol. The highest BCUT2D eigenvalue weighted by Gasteiger charge is 2.29. The molecule has 1 saturated carbocycles. The first-order chi connectivity index (χ1) is 14.4. The third kappa shape index (κ3) is 4.63. The first-order valence-electron chi connectivity index (χ1n) is 10.3. The van der Waals surface area contributed by atoms with E-state index in [2.05, 4.69) is 5.32 Å². The first kappa shape index (κ1) is 21.2. The standard InChI is InChI=1S/C22H25ClN2O4S/c23-20-12-7-16(15-21(20)30(27,28)25-13-3-4-14-25)22(26)24-17-8-10-19(11-9-17)29-18-5-1-2-6-18/h7-12,15,18H,1-6,13-14H2,(H,24,26). The summed E-state index contributed by atoms with van der Waals surface area (Å²) in [6, 6.07) is 11.6. The fraction of sp³-hybridized carbons (Fsp3) is 0.409. The number of hydrogen-bond donors (Lipinski definition) is 1. The molecule has 2 aliphatic rings. The number of anilines is 1. The van der Waals surface area contributed by atoms with Gasteiger partial charge in [-0.05, 0) is 81.0 Å². The van der Waals surface area contributed by atoms with Gasteiger partial charge in [0, 0.05) is 24.3 Å². The van der Waals surface area contributed by atoms with Gasteiger partial charge in [-0.1, -0.05) is 11.6 Å². The summed E-state index contributed by atoms with van der Waals surface area (Å²) < 4.78 is 33.1. The predicted octanol–water partition coefficient (Wildman–Crippen LogP) is 4.70. The number of hydrogen-bond acceptors (Lipinski definition) is 4. The molecular formula is C22H25ClN2O4S. The summed E-state index contributed by atoms with van der Waals surface area (Å²) in [7, 11) is -3.71. The Morgan fingerprint density at radius 2 is 1.67 bits per heavy atom. The van der Waals surface area contributed by atoms with Gasteiger partial charge in [0.05, 0.1) is 11.1 Å². The lowest BCUT2D eigenvalue weighted by Gasteiger charge is -2.17. The Morgan fingerprint density at radius 1 is 1.00 bits per heavy atom. The van der Waals surface area contributed by atoms with Crippen LogP contribution in [0.4, 0.5) is 5.69 Å². The third-order valence-electron chi connectivity index (χ3n) is 5.59. The number of halogens is 1. The molecule has 0 bridgehead atoms. The molecule has 1 amide bonds. The van der Waals surface area contributed by atoms with Crippen LogP contribution in [0.15, 0.2) is 47.4 Å². The van der Waals surface area contributed by atoms with Crippen LogP contribution in [0.1, 0.15) is 48.9 Å². The smallest absolute Gasteiger partial charge is 0.255 e. The Bertz CT molecular complexity index is 1010. The van der Waals surface area contributed by atoms with Crippen molar-refractivity contribution in [1.82, 2.24) is 4.31 Å². The molecule has 0 unspecified atom stereocenters. The van der Waals surface area contributed by atoms with E-state index < -0.39 is 15.9 Å². The number of carbonyl (C=O) groups excluding carboxylic acids is 1. The summed E-state index contributed by atoms with van der Waals surface area (Å²) in [4.78, 5) is 12.7. The molecule has 0 radical (unpaired) electrons. The molecule has 160 valence electrons. The second-order valence-corrected chi connectivity index (χ2v) is 10.1. The highest BCUT2D eigenvalue weighted by atomic mass is 35.5. The van der Waals surface area contributed by atoms with Crippen molar-refractivity contribution in [2.24, 2.45) is 0 Å². The van der Waals surface area contributed by atoms with Crippen LogP contribution in [0.2, 0.25) is 5.02 Å². The summed E-state index contributed by atoms with van der Waals surface area (Å²) in [5.74, 6) is 0.388. The Hall–Kier alpha value is -2.09. The highest BCUT2D eigenvalue weighted by molar-refractivity contribution is 7.89. The number of benzene rings is 2. The number of nitrogens with one attached hydrogen (secondary N) is 1. The van der Waals surface area contributed by atoms with E-state index in [0.29, 0.717) is 18.8 Å². The van der Waals surface area contributed by atoms with Gasteiger partial charge < -0.3 is 10.1 Å². The van der Waals surface area contributed by atoms with Crippen LogP contribution >= 0.6 is 11.6 Å². The number of nitrogens with zero attached hydrogens (tertiary/aromatic N) is 1. The molecule has 0 aromatic heterocycles. The minimum Gasteiger partial charge on any atom is -0.490 e. The third-order valence-corrected chi connectivity index (χ3v) is 7.97. The van der Waals surface area contributed by atoms with E-state index in [1.165, 1.54) is 35.3 Å². The van der Waals surface area contributed by atoms with Crippen LogP contribution in [0.5, 0.6) is 5.75 Å². The monoisotopic (exact) mass is 448 g/mol. The molecule has 2 aromatic rings. The first-order valence-corrected chi connectivity index (χ1v) is 12.1. The van der Waals surface area contributed by atoms with Crippen LogP contribution in [-0.2, 0) is 10.0 Å². The van der Waals surface area contributed by atoms with Crippen molar-refractivity contribution in [2.45, 2.75) is 49.5 Å². The maximum atomic E-state index is 12.9. The van der Waals surface area contributed by atoms with Crippen molar-refractivity contribution in [3.05, 3.63) is 53.1 Å². The van der Waals surface area contributed by atoms with Crippen molar-refractivity contribution in [1.29, 1.82) is 0 Å². The highest BCUT2D eigenvalue weighted by Crippen LogP contribution is 2.29. The van der Waals surface area contributed by atoms with E-state index in [0.717, 1.165) is 31.4 Å². The van der Waals surface area contributed by atoms with Gasteiger partial charge in [-0.2, -0.15) is 4.31 Å². The quantitative estimate of drug-likeness (QED) is 0.695. The van der Waals surface area contributed by atoms with Gasteiger partial charge in [0.25, 0.3) is 5.91 Å². The number of amides is 1. The zero-order chi connectivity index (χ0) is 21.1. The molecule has 8 heteroatoms. The summed E-state index contributed by atoms with van der Waals surface area (Å²) in [6.45, 7) is 0.953. The average molecular weight is 449 g/mol. The molecule has 6 nitrogen and oxygen atoms in total. The topological polar surface area (TPSA) is 75.7 Å². The summed E-state index contributed by atoms with van der Waals surface area (Å²) >= 11 is 6.16. The fourth-order valence-electron chi connectivity index (χ4n) is 3.93. The fourth-order valence-corrected chi connectivity index (χ4v) is 5.95. The number of sulfonamides is 1. The summed E-state index contributed by atoms with van der Waals surface area (Å²) in [6.07, 6.45) is 6.50. The molecule has 2 aromatic carbocycles. The van der Waals surface area contributed by atoms with Gasteiger partial charge in [0.15, 0.2) is 0 Å². The molecule has 30 heavy (non-hydrogen) atoms. The van der Waals surface area contributed by atoms with Crippen molar-refractivity contribution in [2.75, 3.05) is 18.4 Å². The Morgan fingerprint density at radius 3 is 2.33 bits per heavy atom. The molecule has 0 atom stereocenters. The van der Waals surface area contributed by atoms with Gasteiger partial charge in [-0.15, -0.1) is 0 Å². The Kier molecular flexibility index (Phi) is 6.32. The van der Waals surface area contributed by atoms with Gasteiger partial charge in [-0.3, -0.25) is 4.79 Å². The minimum absolute atomic E-state index is 0.0287. The lowest BCUT2D eigenvalue weighted by molar-refractivity contribution is 0.102. The van der Waals surface area contributed by atoms with Crippen LogP contribution in [0.3, 0.4) is 0 Å². The van der Waals surface area contributed by atoms with Crippen LogP contribution in [0.25, 0.3) is 0 Å². The number of carbonyl (C=O) groups is 1. The van der Waals surface area contributed by atoms with Crippen LogP contribution < -0.4 is 10.1 Å². The van der Waals surface area contributed by atoms with E-state index in [4.69, 9.17) is 16.3 Å². The van der Waals surface area contributed by atoms with Crippen molar-refractivity contribution < 1.29 is 17.9 Å². The second-order valence-electron chi connectivity index (χ2n) is 7.76. The van der Waals surface area contributed by atoms with Crippen LogP contribution in [0, 0.1) is 0 Å². The second kappa shape index (κ2) is 8.96. The Balaban J connectivity index is 1.47. The minimum atomic E-state index is -3.71. The van der Waals surface area contributed by atoms with Gasteiger partial charge in [0.2, 0.25) is 10.0 Å². The molecule has 1 N–H and O–H groups in total. The summed E-state index contributed by atoms with van der Waals surface area (Å²) in [5, 5.41) is 2.92. The molecular weight excluding hydrogens is 424 g/mol. The maximum absolute atomic E-state index is 12.9. The van der Waals surface area contributed by atoms with Gasteiger partial charge >= 0.3 is 0 Å². The largest absolute Gasteiger partial charge is 0.490 e. The number of ether oxygens (including phenoxy) is 1. The maximum Gasteiger partial charge on any atom is 0.255 e. The molecule has 1 aliphatic heterocycles. The zero-order valence-corrected chi connectivity index (χ0v) is 18.2.